The molecule has 0 fully saturated rings. The zero-order valence-electron chi connectivity index (χ0n) is 14.9. The van der Waals surface area contributed by atoms with Gasteiger partial charge in [-0.25, -0.2) is 14.2 Å². The highest BCUT2D eigenvalue weighted by molar-refractivity contribution is 5.92. The van der Waals surface area contributed by atoms with Gasteiger partial charge in [0.1, 0.15) is 28.6 Å². The first kappa shape index (κ1) is 20.7. The molecule has 1 atom stereocenters. The van der Waals surface area contributed by atoms with Gasteiger partial charge in [-0.3, -0.25) is 0 Å². The minimum atomic E-state index is -4.73. The second-order valence-electron chi connectivity index (χ2n) is 6.55. The highest BCUT2D eigenvalue weighted by Crippen LogP contribution is 2.34. The fourth-order valence-corrected chi connectivity index (χ4v) is 2.44. The van der Waals surface area contributed by atoms with Crippen molar-refractivity contribution in [1.29, 1.82) is 0 Å². The first-order valence-corrected chi connectivity index (χ1v) is 7.78. The maximum Gasteiger partial charge on any atom is 0.425 e. The smallest absolute Gasteiger partial charge is 0.425 e. The zero-order valence-corrected chi connectivity index (χ0v) is 14.9. The van der Waals surface area contributed by atoms with Gasteiger partial charge in [0, 0.05) is 18.8 Å². The van der Waals surface area contributed by atoms with Gasteiger partial charge >= 0.3 is 12.1 Å². The zero-order chi connectivity index (χ0) is 20.7. The SMILES string of the molecule is CC(Oc1cc(-c2cn(C)c(C(C)(C)O)n2)c(F)cc1C(=O)O)C(F)(F)F. The van der Waals surface area contributed by atoms with Gasteiger partial charge in [-0.15, -0.1) is 0 Å². The number of ether oxygens (including phenoxy) is 1. The molecule has 0 aliphatic heterocycles. The average Bonchev–Trinajstić information content (AvgIpc) is 2.89. The molecule has 1 heterocycles. The van der Waals surface area contributed by atoms with Crippen LogP contribution in [0.5, 0.6) is 5.75 Å². The second-order valence-corrected chi connectivity index (χ2v) is 6.55. The van der Waals surface area contributed by atoms with E-state index in [0.29, 0.717) is 13.0 Å². The summed E-state index contributed by atoms with van der Waals surface area (Å²) in [5.74, 6) is -3.09. The van der Waals surface area contributed by atoms with E-state index in [-0.39, 0.29) is 17.1 Å². The van der Waals surface area contributed by atoms with Crippen LogP contribution < -0.4 is 4.74 Å². The lowest BCUT2D eigenvalue weighted by Gasteiger charge is -2.19. The molecule has 10 heteroatoms. The van der Waals surface area contributed by atoms with Gasteiger partial charge in [0.25, 0.3) is 0 Å². The number of aliphatic hydroxyl groups is 1. The Hall–Kier alpha value is -2.62. The molecule has 0 spiro atoms. The molecule has 2 aromatic rings. The third kappa shape index (κ3) is 4.38. The van der Waals surface area contributed by atoms with Gasteiger partial charge < -0.3 is 19.5 Å². The van der Waals surface area contributed by atoms with Crippen molar-refractivity contribution < 1.29 is 37.3 Å². The minimum absolute atomic E-state index is 0.00794. The Bertz CT molecular complexity index is 869. The maximum atomic E-state index is 14.4. The Morgan fingerprint density at radius 1 is 1.30 bits per heavy atom. The molecule has 0 saturated carbocycles. The number of carboxylic acids is 1. The first-order valence-electron chi connectivity index (χ1n) is 7.78. The van der Waals surface area contributed by atoms with E-state index in [4.69, 9.17) is 9.84 Å². The van der Waals surface area contributed by atoms with E-state index >= 15 is 0 Å². The van der Waals surface area contributed by atoms with Crippen molar-refractivity contribution in [1.82, 2.24) is 9.55 Å². The van der Waals surface area contributed by atoms with Crippen LogP contribution in [0.3, 0.4) is 0 Å². The standard InChI is InChI=1S/C17H18F4N2O4/c1-8(17(19,20)21)27-13-6-9(11(18)5-10(13)14(24)25)12-7-23(4)15(22-12)16(2,3)26/h5-8,26H,1-4H3,(H,24,25). The van der Waals surface area contributed by atoms with Crippen LogP contribution in [0.25, 0.3) is 11.3 Å². The highest BCUT2D eigenvalue weighted by atomic mass is 19.4. The van der Waals surface area contributed by atoms with Gasteiger partial charge in [0.2, 0.25) is 0 Å². The van der Waals surface area contributed by atoms with Gasteiger partial charge in [-0.2, -0.15) is 13.2 Å². The number of hydrogen-bond acceptors (Lipinski definition) is 4. The Kier molecular flexibility index (Phi) is 5.24. The van der Waals surface area contributed by atoms with Crippen molar-refractivity contribution in [2.75, 3.05) is 0 Å². The molecule has 0 amide bonds. The van der Waals surface area contributed by atoms with Gasteiger partial charge in [-0.1, -0.05) is 0 Å². The monoisotopic (exact) mass is 390 g/mol. The predicted octanol–water partition coefficient (Wildman–Crippen LogP) is 3.48. The molecule has 0 aliphatic rings. The number of aromatic nitrogens is 2. The van der Waals surface area contributed by atoms with Crippen LogP contribution in [0, 0.1) is 5.82 Å². The van der Waals surface area contributed by atoms with E-state index in [0.717, 1.165) is 6.07 Å². The summed E-state index contributed by atoms with van der Waals surface area (Å²) in [7, 11) is 1.55. The number of hydrogen-bond donors (Lipinski definition) is 2. The number of nitrogens with zero attached hydrogens (tertiary/aromatic N) is 2. The largest absolute Gasteiger partial charge is 0.480 e. The molecule has 1 unspecified atom stereocenters. The van der Waals surface area contributed by atoms with E-state index in [1.807, 2.05) is 0 Å². The Balaban J connectivity index is 2.59. The summed E-state index contributed by atoms with van der Waals surface area (Å²) >= 11 is 0. The molecule has 0 radical (unpaired) electrons. The average molecular weight is 390 g/mol. The van der Waals surface area contributed by atoms with Crippen molar-refractivity contribution in [3.05, 3.63) is 35.5 Å². The number of halogens is 4. The van der Waals surface area contributed by atoms with E-state index < -0.39 is 41.0 Å². The molecule has 0 bridgehead atoms. The van der Waals surface area contributed by atoms with Crippen LogP contribution in [0.1, 0.15) is 37.0 Å². The Morgan fingerprint density at radius 3 is 2.33 bits per heavy atom. The lowest BCUT2D eigenvalue weighted by molar-refractivity contribution is -0.189. The normalized spacial score (nSPS) is 13.5. The summed E-state index contributed by atoms with van der Waals surface area (Å²) in [6.07, 6.45) is -5.67. The van der Waals surface area contributed by atoms with Crippen LogP contribution >= 0.6 is 0 Å². The Morgan fingerprint density at radius 2 is 1.89 bits per heavy atom. The first-order chi connectivity index (χ1) is 12.2. The van der Waals surface area contributed by atoms with E-state index in [2.05, 4.69) is 4.98 Å². The third-order valence-corrected chi connectivity index (χ3v) is 3.76. The third-order valence-electron chi connectivity index (χ3n) is 3.76. The molecule has 148 valence electrons. The number of rotatable bonds is 5. The van der Waals surface area contributed by atoms with Gasteiger partial charge in [0.15, 0.2) is 6.10 Å². The molecule has 0 saturated heterocycles. The fourth-order valence-electron chi connectivity index (χ4n) is 2.44. The number of aromatic carboxylic acids is 1. The van der Waals surface area contributed by atoms with E-state index in [1.54, 1.807) is 7.05 Å². The molecule has 2 N–H and O–H groups in total. The van der Waals surface area contributed by atoms with Crippen molar-refractivity contribution in [3.8, 4) is 17.0 Å². The van der Waals surface area contributed by atoms with E-state index in [1.165, 1.54) is 24.6 Å². The molecule has 1 aromatic heterocycles. The minimum Gasteiger partial charge on any atom is -0.480 e. The quantitative estimate of drug-likeness (QED) is 0.764. The van der Waals surface area contributed by atoms with Gasteiger partial charge in [0.05, 0.1) is 5.69 Å². The fraction of sp³-hybridized carbons (Fsp3) is 0.412. The van der Waals surface area contributed by atoms with Gasteiger partial charge in [-0.05, 0) is 32.9 Å². The Labute approximate surface area is 152 Å². The number of carboxylic acid groups (broad SMARTS) is 1. The van der Waals surface area contributed by atoms with Crippen molar-refractivity contribution in [2.24, 2.45) is 7.05 Å². The van der Waals surface area contributed by atoms with Crippen molar-refractivity contribution in [3.63, 3.8) is 0 Å². The lowest BCUT2D eigenvalue weighted by Crippen LogP contribution is -2.31. The number of benzene rings is 1. The second kappa shape index (κ2) is 6.84. The van der Waals surface area contributed by atoms with Crippen LogP contribution in [0.4, 0.5) is 17.6 Å². The molecule has 2 rings (SSSR count). The molecular formula is C17H18F4N2O4. The van der Waals surface area contributed by atoms with Crippen LogP contribution in [-0.2, 0) is 12.6 Å². The van der Waals surface area contributed by atoms with Crippen LogP contribution in [0.15, 0.2) is 18.3 Å². The van der Waals surface area contributed by atoms with E-state index in [9.17, 15) is 27.5 Å². The molecule has 27 heavy (non-hydrogen) atoms. The number of aryl methyl sites for hydroxylation is 1. The maximum absolute atomic E-state index is 14.4. The van der Waals surface area contributed by atoms with Crippen molar-refractivity contribution >= 4 is 5.97 Å². The van der Waals surface area contributed by atoms with Crippen LogP contribution in [0.2, 0.25) is 0 Å². The molecular weight excluding hydrogens is 372 g/mol. The molecule has 1 aromatic carbocycles. The summed E-state index contributed by atoms with van der Waals surface area (Å²) < 4.78 is 58.9. The highest BCUT2D eigenvalue weighted by Gasteiger charge is 2.39. The summed E-state index contributed by atoms with van der Waals surface area (Å²) in [4.78, 5) is 15.4. The van der Waals surface area contributed by atoms with Crippen LogP contribution in [-0.4, -0.2) is 38.0 Å². The summed E-state index contributed by atoms with van der Waals surface area (Å²) in [5.41, 5.74) is -2.34. The number of carbonyl (C=O) groups is 1. The summed E-state index contributed by atoms with van der Waals surface area (Å²) in [6.45, 7) is 3.63. The molecule has 6 nitrogen and oxygen atoms in total. The summed E-state index contributed by atoms with van der Waals surface area (Å²) in [5, 5.41) is 19.2. The summed E-state index contributed by atoms with van der Waals surface area (Å²) in [6, 6.07) is 1.44. The molecule has 0 aliphatic carbocycles. The number of alkyl halides is 3. The number of imidazole rings is 1. The predicted molar refractivity (Wildman–Crippen MR) is 87.0 cm³/mol. The lowest BCUT2D eigenvalue weighted by atomic mass is 10.1. The topological polar surface area (TPSA) is 84.6 Å². The van der Waals surface area contributed by atoms with Crippen molar-refractivity contribution in [2.45, 2.75) is 38.7 Å².